The third kappa shape index (κ3) is 5.00. The number of hydrogen-bond acceptors (Lipinski definition) is 4. The number of ether oxygens (including phenoxy) is 2. The highest BCUT2D eigenvalue weighted by Gasteiger charge is 2.16. The van der Waals surface area contributed by atoms with Crippen molar-refractivity contribution in [2.45, 2.75) is 46.0 Å². The first-order valence-electron chi connectivity index (χ1n) is 9.25. The molecular formula is C20H28N2O4. The molecule has 1 heterocycles. The zero-order valence-corrected chi connectivity index (χ0v) is 15.8. The topological polar surface area (TPSA) is 80.4 Å². The third-order valence-corrected chi connectivity index (χ3v) is 4.38. The summed E-state index contributed by atoms with van der Waals surface area (Å²) in [5.41, 5.74) is 2.21. The number of benzene rings is 1. The molecule has 0 aliphatic carbocycles. The number of amides is 1. The Morgan fingerprint density at radius 2 is 1.96 bits per heavy atom. The molecule has 1 aromatic heterocycles. The van der Waals surface area contributed by atoms with E-state index in [1.807, 2.05) is 31.3 Å². The number of aromatic amines is 1. The molecule has 26 heavy (non-hydrogen) atoms. The molecule has 0 saturated carbocycles. The number of carbonyl (C=O) groups excluding carboxylic acids is 2. The van der Waals surface area contributed by atoms with Gasteiger partial charge in [0.05, 0.1) is 6.61 Å². The predicted molar refractivity (Wildman–Crippen MR) is 101 cm³/mol. The first kappa shape index (κ1) is 19.8. The minimum absolute atomic E-state index is 0.143. The summed E-state index contributed by atoms with van der Waals surface area (Å²) in [6, 6.07) is 5.76. The van der Waals surface area contributed by atoms with E-state index in [9.17, 15) is 9.59 Å². The van der Waals surface area contributed by atoms with Gasteiger partial charge in [0, 0.05) is 17.1 Å². The summed E-state index contributed by atoms with van der Waals surface area (Å²) < 4.78 is 10.7. The third-order valence-electron chi connectivity index (χ3n) is 4.38. The van der Waals surface area contributed by atoms with Crippen molar-refractivity contribution >= 4 is 22.8 Å². The molecule has 0 bridgehead atoms. The monoisotopic (exact) mass is 360 g/mol. The van der Waals surface area contributed by atoms with Crippen molar-refractivity contribution in [1.82, 2.24) is 10.3 Å². The van der Waals surface area contributed by atoms with Crippen molar-refractivity contribution in [2.24, 2.45) is 0 Å². The van der Waals surface area contributed by atoms with Gasteiger partial charge in [0.15, 0.2) is 6.61 Å². The van der Waals surface area contributed by atoms with Crippen molar-refractivity contribution in [2.75, 3.05) is 19.8 Å². The quantitative estimate of drug-likeness (QED) is 0.635. The van der Waals surface area contributed by atoms with Crippen molar-refractivity contribution in [1.29, 1.82) is 0 Å². The van der Waals surface area contributed by atoms with Crippen LogP contribution in [0.25, 0.3) is 10.9 Å². The Hall–Kier alpha value is -2.50. The minimum atomic E-state index is -0.441. The molecule has 0 aliphatic rings. The van der Waals surface area contributed by atoms with Crippen LogP contribution in [0.2, 0.25) is 0 Å². The molecule has 1 amide bonds. The lowest BCUT2D eigenvalue weighted by atomic mass is 9.93. The van der Waals surface area contributed by atoms with Crippen molar-refractivity contribution in [3.05, 3.63) is 30.0 Å². The lowest BCUT2D eigenvalue weighted by Gasteiger charge is -2.14. The first-order valence-corrected chi connectivity index (χ1v) is 9.25. The zero-order chi connectivity index (χ0) is 18.9. The fourth-order valence-electron chi connectivity index (χ4n) is 2.98. The summed E-state index contributed by atoms with van der Waals surface area (Å²) in [7, 11) is 0. The van der Waals surface area contributed by atoms with E-state index < -0.39 is 5.97 Å². The van der Waals surface area contributed by atoms with Gasteiger partial charge in [-0.05, 0) is 42.9 Å². The first-order chi connectivity index (χ1) is 12.6. The molecule has 0 spiro atoms. The molecule has 0 atom stereocenters. The van der Waals surface area contributed by atoms with Crippen molar-refractivity contribution < 1.29 is 19.1 Å². The number of H-pyrrole nitrogens is 1. The van der Waals surface area contributed by atoms with Gasteiger partial charge in [0.25, 0.3) is 5.91 Å². The Morgan fingerprint density at radius 3 is 2.65 bits per heavy atom. The van der Waals surface area contributed by atoms with Gasteiger partial charge in [0.1, 0.15) is 12.3 Å². The zero-order valence-electron chi connectivity index (χ0n) is 15.8. The maximum absolute atomic E-state index is 11.9. The van der Waals surface area contributed by atoms with Crippen LogP contribution in [0.3, 0.4) is 0 Å². The fraction of sp³-hybridized carbons (Fsp3) is 0.500. The molecular weight excluding hydrogens is 332 g/mol. The largest absolute Gasteiger partial charge is 0.483 e. The van der Waals surface area contributed by atoms with E-state index in [2.05, 4.69) is 24.1 Å². The van der Waals surface area contributed by atoms with Crippen LogP contribution in [0.5, 0.6) is 5.75 Å². The average molecular weight is 360 g/mol. The van der Waals surface area contributed by atoms with Crippen LogP contribution in [-0.4, -0.2) is 36.6 Å². The van der Waals surface area contributed by atoms with E-state index in [1.54, 1.807) is 0 Å². The van der Waals surface area contributed by atoms with Gasteiger partial charge >= 0.3 is 5.97 Å². The fourth-order valence-corrected chi connectivity index (χ4v) is 2.98. The number of carbonyl (C=O) groups is 2. The highest BCUT2D eigenvalue weighted by Crippen LogP contribution is 2.35. The molecule has 0 unspecified atom stereocenters. The molecule has 6 heteroatoms. The van der Waals surface area contributed by atoms with Gasteiger partial charge in [-0.15, -0.1) is 0 Å². The lowest BCUT2D eigenvalue weighted by molar-refractivity contribution is -0.144. The van der Waals surface area contributed by atoms with Crippen LogP contribution < -0.4 is 10.1 Å². The number of fused-ring (bicyclic) bond motifs is 1. The Balaban J connectivity index is 2.01. The summed E-state index contributed by atoms with van der Waals surface area (Å²) in [4.78, 5) is 26.7. The highest BCUT2D eigenvalue weighted by molar-refractivity contribution is 5.90. The van der Waals surface area contributed by atoms with Gasteiger partial charge < -0.3 is 19.8 Å². The number of nitrogens with one attached hydrogen (secondary N) is 2. The maximum Gasteiger partial charge on any atom is 0.325 e. The van der Waals surface area contributed by atoms with E-state index in [-0.39, 0.29) is 19.1 Å². The minimum Gasteiger partial charge on any atom is -0.483 e. The van der Waals surface area contributed by atoms with Crippen LogP contribution in [0.4, 0.5) is 0 Å². The normalized spacial score (nSPS) is 10.9. The van der Waals surface area contributed by atoms with Crippen molar-refractivity contribution in [3.8, 4) is 5.75 Å². The highest BCUT2D eigenvalue weighted by atomic mass is 16.5. The van der Waals surface area contributed by atoms with Crippen LogP contribution in [0.15, 0.2) is 24.4 Å². The molecule has 0 aliphatic heterocycles. The Kier molecular flexibility index (Phi) is 7.51. The van der Waals surface area contributed by atoms with Crippen LogP contribution in [-0.2, 0) is 14.3 Å². The van der Waals surface area contributed by atoms with Crippen LogP contribution in [0, 0.1) is 0 Å². The molecule has 2 aromatic rings. The van der Waals surface area contributed by atoms with Crippen LogP contribution >= 0.6 is 0 Å². The molecule has 0 fully saturated rings. The second-order valence-electron chi connectivity index (χ2n) is 6.22. The van der Waals surface area contributed by atoms with Crippen molar-refractivity contribution in [3.63, 3.8) is 0 Å². The summed E-state index contributed by atoms with van der Waals surface area (Å²) >= 11 is 0. The molecule has 142 valence electrons. The molecule has 6 nitrogen and oxygen atoms in total. The molecule has 0 radical (unpaired) electrons. The van der Waals surface area contributed by atoms with Gasteiger partial charge in [0.2, 0.25) is 0 Å². The summed E-state index contributed by atoms with van der Waals surface area (Å²) in [6.45, 7) is 6.32. The predicted octanol–water partition coefficient (Wildman–Crippen LogP) is 3.52. The number of hydrogen-bond donors (Lipinski definition) is 2. The molecule has 2 rings (SSSR count). The molecule has 2 N–H and O–H groups in total. The van der Waals surface area contributed by atoms with Crippen LogP contribution in [0.1, 0.15) is 51.5 Å². The van der Waals surface area contributed by atoms with E-state index in [1.165, 1.54) is 5.56 Å². The lowest BCUT2D eigenvalue weighted by Crippen LogP contribution is -2.34. The van der Waals surface area contributed by atoms with E-state index in [0.717, 1.165) is 30.2 Å². The second-order valence-corrected chi connectivity index (χ2v) is 6.22. The summed E-state index contributed by atoms with van der Waals surface area (Å²) in [5.74, 6) is 0.323. The number of rotatable bonds is 10. The molecule has 0 saturated heterocycles. The smallest absolute Gasteiger partial charge is 0.325 e. The second kappa shape index (κ2) is 9.85. The van der Waals surface area contributed by atoms with Gasteiger partial charge in [-0.25, -0.2) is 0 Å². The maximum atomic E-state index is 11.9. The van der Waals surface area contributed by atoms with Gasteiger partial charge in [-0.3, -0.25) is 9.59 Å². The van der Waals surface area contributed by atoms with Gasteiger partial charge in [-0.1, -0.05) is 26.8 Å². The summed E-state index contributed by atoms with van der Waals surface area (Å²) in [6.07, 6.45) is 4.86. The Bertz CT molecular complexity index is 734. The van der Waals surface area contributed by atoms with E-state index >= 15 is 0 Å². The van der Waals surface area contributed by atoms with Gasteiger partial charge in [-0.2, -0.15) is 0 Å². The molecule has 1 aromatic carbocycles. The Labute approximate surface area is 154 Å². The number of esters is 1. The van der Waals surface area contributed by atoms with E-state index in [0.29, 0.717) is 18.3 Å². The standard InChI is InChI=1S/C20H28N2O4/c1-4-10-25-19(24)12-22-18(23)13-26-17-9-7-8-16-20(17)15(11-21-16)14(5-2)6-3/h7-9,11,14,21H,4-6,10,12-13H2,1-3H3,(H,22,23). The SMILES string of the molecule is CCCOC(=O)CNC(=O)COc1cccc2[nH]cc(C(CC)CC)c12. The Morgan fingerprint density at radius 1 is 1.19 bits per heavy atom. The number of aromatic nitrogens is 1. The van der Waals surface area contributed by atoms with E-state index in [4.69, 9.17) is 9.47 Å². The summed E-state index contributed by atoms with van der Waals surface area (Å²) in [5, 5.41) is 3.54. The average Bonchev–Trinajstić information content (AvgIpc) is 3.08.